The molecule has 14 heteroatoms. The predicted octanol–water partition coefficient (Wildman–Crippen LogP) is 3.67. The molecule has 0 aromatic carbocycles. The number of alkyl halides is 6. The maximum absolute atomic E-state index is 10.6. The number of halogens is 6. The number of ether oxygens (including phenoxy) is 2. The van der Waals surface area contributed by atoms with Gasteiger partial charge in [-0.25, -0.2) is 9.59 Å². The quantitative estimate of drug-likeness (QED) is 0.451. The highest BCUT2D eigenvalue weighted by Gasteiger charge is 2.43. The maximum Gasteiger partial charge on any atom is 0.490 e. The number of piperidine rings is 1. The number of nitrogens with zero attached hydrogens (tertiary/aromatic N) is 2. The van der Waals surface area contributed by atoms with Crippen LogP contribution in [0.2, 0.25) is 0 Å². The highest BCUT2D eigenvalue weighted by molar-refractivity contribution is 5.73. The summed E-state index contributed by atoms with van der Waals surface area (Å²) in [4.78, 5) is 24.4. The van der Waals surface area contributed by atoms with Gasteiger partial charge < -0.3 is 19.7 Å². The minimum atomic E-state index is -5.08. The second-order valence-electron chi connectivity index (χ2n) is 7.72. The molecule has 2 aliphatic heterocycles. The van der Waals surface area contributed by atoms with Crippen LogP contribution in [0, 0.1) is 0 Å². The lowest BCUT2D eigenvalue weighted by Crippen LogP contribution is -2.47. The fourth-order valence-electron chi connectivity index (χ4n) is 3.47. The lowest BCUT2D eigenvalue weighted by molar-refractivity contribution is -0.193. The number of likely N-dealkylation sites (tertiary alicyclic amines) is 1. The van der Waals surface area contributed by atoms with Crippen molar-refractivity contribution in [2.75, 3.05) is 26.3 Å². The van der Waals surface area contributed by atoms with Crippen LogP contribution in [-0.4, -0.2) is 82.4 Å². The van der Waals surface area contributed by atoms with Gasteiger partial charge in [0.05, 0.1) is 24.9 Å². The Morgan fingerprint density at radius 1 is 1.17 bits per heavy atom. The number of hydrogen-bond acceptors (Lipinski definition) is 6. The number of carboxylic acid groups (broad SMARTS) is 2. The van der Waals surface area contributed by atoms with Gasteiger partial charge in [0.25, 0.3) is 0 Å². The first-order valence-electron chi connectivity index (χ1n) is 10.3. The normalized spacial score (nSPS) is 22.4. The van der Waals surface area contributed by atoms with Crippen LogP contribution in [0.15, 0.2) is 37.2 Å². The maximum atomic E-state index is 10.6. The largest absolute Gasteiger partial charge is 0.490 e. The molecule has 3 heterocycles. The first-order chi connectivity index (χ1) is 16.2. The summed E-state index contributed by atoms with van der Waals surface area (Å²) in [5.41, 5.74) is 1.32. The van der Waals surface area contributed by atoms with E-state index in [0.29, 0.717) is 6.61 Å². The van der Waals surface area contributed by atoms with Gasteiger partial charge in [-0.1, -0.05) is 6.08 Å². The monoisotopic (exact) mass is 516 g/mol. The second kappa shape index (κ2) is 13.4. The third kappa shape index (κ3) is 11.5. The zero-order chi connectivity index (χ0) is 26.7. The molecule has 3 rings (SSSR count). The van der Waals surface area contributed by atoms with E-state index in [-0.39, 0.29) is 11.7 Å². The fourth-order valence-corrected chi connectivity index (χ4v) is 3.47. The summed E-state index contributed by atoms with van der Waals surface area (Å²) in [6.07, 6.45) is -1.06. The zero-order valence-electron chi connectivity index (χ0n) is 18.5. The van der Waals surface area contributed by atoms with Gasteiger partial charge in [0, 0.05) is 31.9 Å². The van der Waals surface area contributed by atoms with Gasteiger partial charge >= 0.3 is 24.3 Å². The van der Waals surface area contributed by atoms with Crippen molar-refractivity contribution in [2.45, 2.75) is 49.9 Å². The van der Waals surface area contributed by atoms with E-state index in [1.807, 2.05) is 18.5 Å². The molecule has 0 radical (unpaired) electrons. The summed E-state index contributed by atoms with van der Waals surface area (Å²) >= 11 is 0. The molecule has 2 unspecified atom stereocenters. The second-order valence-corrected chi connectivity index (χ2v) is 7.72. The summed E-state index contributed by atoms with van der Waals surface area (Å²) in [6.45, 7) is 8.17. The van der Waals surface area contributed by atoms with Gasteiger partial charge in [-0.15, -0.1) is 6.58 Å². The first kappa shape index (κ1) is 30.3. The minimum absolute atomic E-state index is 0.00286. The highest BCUT2D eigenvalue weighted by atomic mass is 19.4. The molecule has 8 nitrogen and oxygen atoms in total. The molecule has 0 saturated carbocycles. The molecule has 2 atom stereocenters. The lowest BCUT2D eigenvalue weighted by Gasteiger charge is -2.39. The van der Waals surface area contributed by atoms with E-state index in [4.69, 9.17) is 29.3 Å². The van der Waals surface area contributed by atoms with Crippen LogP contribution in [0.4, 0.5) is 26.3 Å². The van der Waals surface area contributed by atoms with E-state index >= 15 is 0 Å². The van der Waals surface area contributed by atoms with E-state index in [2.05, 4.69) is 28.6 Å². The van der Waals surface area contributed by atoms with Gasteiger partial charge in [0.1, 0.15) is 0 Å². The Balaban J connectivity index is 0.000000362. The van der Waals surface area contributed by atoms with Crippen molar-refractivity contribution >= 4 is 11.9 Å². The Morgan fingerprint density at radius 2 is 1.71 bits per heavy atom. The highest BCUT2D eigenvalue weighted by Crippen LogP contribution is 2.36. The molecule has 2 fully saturated rings. The Hall–Kier alpha value is -2.71. The average Bonchev–Trinajstić information content (AvgIpc) is 3.14. The van der Waals surface area contributed by atoms with Gasteiger partial charge in [-0.05, 0) is 37.1 Å². The summed E-state index contributed by atoms with van der Waals surface area (Å²) in [6, 6.07) is 4.18. The summed E-state index contributed by atoms with van der Waals surface area (Å²) < 4.78 is 75.4. The number of carboxylic acids is 2. The zero-order valence-corrected chi connectivity index (χ0v) is 18.5. The standard InChI is InChI=1S/C17H24N2O2.2C2HF3O2/c1-2-10-20-16-11-17(21-13-16)6-3-9-19(14-17)12-15-4-7-18-8-5-15;2*3-2(4,5)1(6)7/h2,4-5,7-8,16H,1,3,6,9-14H2;2*(H,6,7). The van der Waals surface area contributed by atoms with E-state index in [0.717, 1.165) is 39.1 Å². The third-order valence-corrected chi connectivity index (χ3v) is 4.88. The third-order valence-electron chi connectivity index (χ3n) is 4.88. The van der Waals surface area contributed by atoms with E-state index in [9.17, 15) is 26.3 Å². The van der Waals surface area contributed by atoms with E-state index < -0.39 is 24.3 Å². The SMILES string of the molecule is C=CCOC1COC2(CCCN(Cc3ccncc3)C2)C1.O=C(O)C(F)(F)F.O=C(O)C(F)(F)F. The fraction of sp³-hybridized carbons (Fsp3) is 0.571. The Kier molecular flexibility index (Phi) is 11.6. The van der Waals surface area contributed by atoms with Gasteiger partial charge in [-0.2, -0.15) is 26.3 Å². The van der Waals surface area contributed by atoms with Crippen LogP contribution in [0.3, 0.4) is 0 Å². The molecular weight excluding hydrogens is 490 g/mol. The van der Waals surface area contributed by atoms with E-state index in [1.165, 1.54) is 12.0 Å². The molecule has 1 spiro atoms. The van der Waals surface area contributed by atoms with Crippen LogP contribution in [0.1, 0.15) is 24.8 Å². The van der Waals surface area contributed by atoms with E-state index in [1.54, 1.807) is 0 Å². The van der Waals surface area contributed by atoms with Gasteiger partial charge in [-0.3, -0.25) is 9.88 Å². The number of hydrogen-bond donors (Lipinski definition) is 2. The van der Waals surface area contributed by atoms with Crippen LogP contribution >= 0.6 is 0 Å². The number of rotatable bonds is 5. The number of pyridine rings is 1. The van der Waals surface area contributed by atoms with Crippen molar-refractivity contribution in [3.8, 4) is 0 Å². The van der Waals surface area contributed by atoms with Crippen LogP contribution in [-0.2, 0) is 25.6 Å². The van der Waals surface area contributed by atoms with Gasteiger partial charge in [0.15, 0.2) is 0 Å². The molecule has 198 valence electrons. The van der Waals surface area contributed by atoms with Crippen molar-refractivity contribution < 1.29 is 55.6 Å². The number of aliphatic carboxylic acids is 2. The molecule has 35 heavy (non-hydrogen) atoms. The topological polar surface area (TPSA) is 109 Å². The summed E-state index contributed by atoms with van der Waals surface area (Å²) in [5.74, 6) is -5.51. The molecule has 1 aromatic heterocycles. The Labute approximate surface area is 197 Å². The molecule has 2 saturated heterocycles. The Morgan fingerprint density at radius 3 is 2.20 bits per heavy atom. The van der Waals surface area contributed by atoms with Crippen LogP contribution in [0.5, 0.6) is 0 Å². The van der Waals surface area contributed by atoms with Crippen molar-refractivity contribution in [3.05, 3.63) is 42.7 Å². The molecule has 1 aromatic rings. The lowest BCUT2D eigenvalue weighted by atomic mass is 9.89. The number of aromatic nitrogens is 1. The van der Waals surface area contributed by atoms with Crippen molar-refractivity contribution in [3.63, 3.8) is 0 Å². The predicted molar refractivity (Wildman–Crippen MR) is 109 cm³/mol. The van der Waals surface area contributed by atoms with Gasteiger partial charge in [0.2, 0.25) is 0 Å². The van der Waals surface area contributed by atoms with Crippen molar-refractivity contribution in [1.29, 1.82) is 0 Å². The molecule has 0 amide bonds. The summed E-state index contributed by atoms with van der Waals surface area (Å²) in [5, 5.41) is 14.2. The van der Waals surface area contributed by atoms with Crippen LogP contribution in [0.25, 0.3) is 0 Å². The number of carbonyl (C=O) groups is 2. The van der Waals surface area contributed by atoms with Crippen LogP contribution < -0.4 is 0 Å². The molecular formula is C21H26F6N2O6. The smallest absolute Gasteiger partial charge is 0.475 e. The molecule has 0 aliphatic carbocycles. The summed E-state index contributed by atoms with van der Waals surface area (Å²) in [7, 11) is 0. The average molecular weight is 516 g/mol. The molecule has 2 aliphatic rings. The minimum Gasteiger partial charge on any atom is -0.475 e. The van der Waals surface area contributed by atoms with Crippen molar-refractivity contribution in [2.24, 2.45) is 0 Å². The van der Waals surface area contributed by atoms with Crippen molar-refractivity contribution in [1.82, 2.24) is 9.88 Å². The molecule has 0 bridgehead atoms. The first-order valence-corrected chi connectivity index (χ1v) is 10.3. The Bertz CT molecular complexity index is 797. The molecule has 2 N–H and O–H groups in total.